The summed E-state index contributed by atoms with van der Waals surface area (Å²) < 4.78 is 30.0. The Morgan fingerprint density at radius 2 is 1.50 bits per heavy atom. The maximum Gasteiger partial charge on any atom is 0.246 e. The van der Waals surface area contributed by atoms with Crippen LogP contribution in [0.5, 0.6) is 0 Å². The van der Waals surface area contributed by atoms with Crippen molar-refractivity contribution in [3.8, 4) is 0 Å². The summed E-state index contributed by atoms with van der Waals surface area (Å²) in [5, 5.41) is 0. The van der Waals surface area contributed by atoms with Gasteiger partial charge in [0.15, 0.2) is 3.84 Å². The van der Waals surface area contributed by atoms with Crippen LogP contribution in [0.2, 0.25) is 0 Å². The molecule has 0 bridgehead atoms. The third-order valence-corrected chi connectivity index (χ3v) is 0.643. The van der Waals surface area contributed by atoms with E-state index in [2.05, 4.69) is 15.7 Å². The Morgan fingerprint density at radius 1 is 1.33 bits per heavy atom. The Kier molecular flexibility index (Phi) is 2.06. The Balaban J connectivity index is 3.17. The van der Waals surface area contributed by atoms with E-state index in [1.54, 1.807) is 0 Å². The minimum Gasteiger partial charge on any atom is -0.181 e. The zero-order valence-corrected chi connectivity index (χ0v) is 3.90. The molecule has 38 valence electrons. The quantitative estimate of drug-likeness (QED) is 0.385. The first-order valence-electron chi connectivity index (χ1n) is 0.772. The van der Waals surface area contributed by atoms with E-state index >= 15 is 0 Å². The van der Waals surface area contributed by atoms with E-state index in [1.807, 2.05) is 0 Å². The van der Waals surface area contributed by atoms with Crippen LogP contribution in [0.25, 0.3) is 0 Å². The van der Waals surface area contributed by atoms with Crippen LogP contribution in [-0.4, -0.2) is 0 Å². The summed E-state index contributed by atoms with van der Waals surface area (Å²) >= 11 is 4.06. The highest BCUT2D eigenvalue weighted by Crippen LogP contribution is 1.88. The van der Waals surface area contributed by atoms with E-state index in [1.165, 1.54) is 0 Å². The Labute approximate surface area is 40.8 Å². The fourth-order valence-corrected chi connectivity index (χ4v) is 0. The van der Waals surface area contributed by atoms with Crippen LogP contribution >= 0.6 is 11.9 Å². The van der Waals surface area contributed by atoms with Gasteiger partial charge in [-0.15, -0.1) is 0 Å². The normalized spacial score (nSPS) is 12.0. The van der Waals surface area contributed by atoms with Crippen molar-refractivity contribution < 1.29 is 28.1 Å². The number of hydrogen-bond acceptors (Lipinski definition) is 4. The second-order valence-electron chi connectivity index (χ2n) is 0.436. The second-order valence-corrected chi connectivity index (χ2v) is 1.66. The number of rotatable bonds is 1. The molecule has 4 nitrogen and oxygen atoms in total. The lowest BCUT2D eigenvalue weighted by Crippen LogP contribution is -2.59. The van der Waals surface area contributed by atoms with E-state index in [4.69, 9.17) is 14.0 Å². The van der Waals surface area contributed by atoms with Crippen LogP contribution in [0.15, 0.2) is 0 Å². The monoisotopic (exact) mass is 134 g/mol. The van der Waals surface area contributed by atoms with Crippen LogP contribution in [0.4, 0.5) is 0 Å². The van der Waals surface area contributed by atoms with Gasteiger partial charge in [-0.3, -0.25) is 0 Å². The molecule has 0 aromatic heterocycles. The highest BCUT2D eigenvalue weighted by atomic mass is 35.7. The molecule has 6 heteroatoms. The van der Waals surface area contributed by atoms with Crippen molar-refractivity contribution >= 4 is 11.9 Å². The summed E-state index contributed by atoms with van der Waals surface area (Å²) in [6.45, 7) is 0. The van der Waals surface area contributed by atoms with Gasteiger partial charge in [0, 0.05) is 0 Å². The van der Waals surface area contributed by atoms with Gasteiger partial charge in [-0.25, -0.2) is 0 Å². The molecule has 0 aliphatic heterocycles. The largest absolute Gasteiger partial charge is 0.246 e. The molecule has 0 aliphatic carbocycles. The molecule has 0 N–H and O–H groups in total. The van der Waals surface area contributed by atoms with Crippen molar-refractivity contribution in [3.05, 3.63) is 0 Å². The first kappa shape index (κ1) is 6.42. The first-order valence-corrected chi connectivity index (χ1v) is 2.31. The lowest BCUT2D eigenvalue weighted by molar-refractivity contribution is -1.91. The number of halogens is 2. The van der Waals surface area contributed by atoms with Gasteiger partial charge < -0.3 is 0 Å². The van der Waals surface area contributed by atoms with E-state index < -0.39 is 10.2 Å². The van der Waals surface area contributed by atoms with Crippen molar-refractivity contribution in [2.45, 2.75) is 0 Å². The summed E-state index contributed by atoms with van der Waals surface area (Å²) in [5.74, 6) is 0. The minimum atomic E-state index is -4.41. The highest BCUT2D eigenvalue weighted by Gasteiger charge is 2.12. The van der Waals surface area contributed by atoms with E-state index in [9.17, 15) is 0 Å². The predicted molar refractivity (Wildman–Crippen MR) is 6.94 cm³/mol. The molecule has 6 heavy (non-hydrogen) atoms. The Hall–Kier alpha value is 0.420. The Morgan fingerprint density at radius 3 is 1.50 bits per heavy atom. The standard InChI is InChI=1S/Cl2O4/c1-6-2(3,4)5. The molecule has 0 saturated carbocycles. The van der Waals surface area contributed by atoms with Gasteiger partial charge >= 0.3 is 0 Å². The number of hydrogen-bond donors (Lipinski definition) is 0. The zero-order valence-electron chi connectivity index (χ0n) is 2.39. The molecule has 0 spiro atoms. The van der Waals surface area contributed by atoms with Crippen molar-refractivity contribution in [2.75, 3.05) is 0 Å². The van der Waals surface area contributed by atoms with Crippen molar-refractivity contribution in [2.24, 2.45) is 0 Å². The molecule has 0 atom stereocenters. The molecule has 0 radical (unpaired) electrons. The van der Waals surface area contributed by atoms with Crippen LogP contribution in [0, 0.1) is 10.2 Å². The lowest BCUT2D eigenvalue weighted by atomic mass is 15.8. The molecule has 0 fully saturated rings. The molecule has 0 amide bonds. The smallest absolute Gasteiger partial charge is 0.181 e. The SMILES string of the molecule is [O-][Cl+3]([O-])([O-])OCl. The van der Waals surface area contributed by atoms with E-state index in [0.717, 1.165) is 0 Å². The molecule has 0 aromatic rings. The topological polar surface area (TPSA) is 78.4 Å². The highest BCUT2D eigenvalue weighted by molar-refractivity contribution is 6.06. The van der Waals surface area contributed by atoms with Crippen molar-refractivity contribution in [1.29, 1.82) is 0 Å². The predicted octanol–water partition coefficient (Wildman–Crippen LogP) is -2.95. The molecular formula is Cl2O4. The molecule has 0 aliphatic rings. The average molecular weight is 135 g/mol. The van der Waals surface area contributed by atoms with Gasteiger partial charge in [0.2, 0.25) is 11.9 Å². The Bertz CT molecular complexity index is 35.3. The molecule has 0 saturated heterocycles. The van der Waals surface area contributed by atoms with E-state index in [-0.39, 0.29) is 0 Å². The van der Waals surface area contributed by atoms with Gasteiger partial charge in [0.1, 0.15) is 10.2 Å². The molecule has 0 aromatic carbocycles. The molecular weight excluding hydrogens is 135 g/mol. The summed E-state index contributed by atoms with van der Waals surface area (Å²) in [6.07, 6.45) is 0. The van der Waals surface area contributed by atoms with Gasteiger partial charge in [0.05, 0.1) is 0 Å². The third-order valence-electron chi connectivity index (χ3n) is 0.0714. The van der Waals surface area contributed by atoms with Crippen molar-refractivity contribution in [3.63, 3.8) is 0 Å². The van der Waals surface area contributed by atoms with Gasteiger partial charge in [0.25, 0.3) is 0 Å². The first-order chi connectivity index (χ1) is 2.56. The fraction of sp³-hybridized carbons (Fsp3) is 0. The molecule has 0 unspecified atom stereocenters. The second kappa shape index (κ2) is 1.92. The summed E-state index contributed by atoms with van der Waals surface area (Å²) in [4.78, 5) is 0. The summed E-state index contributed by atoms with van der Waals surface area (Å²) in [5.41, 5.74) is 0. The van der Waals surface area contributed by atoms with Crippen LogP contribution < -0.4 is 14.0 Å². The van der Waals surface area contributed by atoms with Crippen LogP contribution in [0.3, 0.4) is 0 Å². The third kappa shape index (κ3) is 4.42. The van der Waals surface area contributed by atoms with E-state index in [0.29, 0.717) is 0 Å². The maximum absolute atomic E-state index is 9.06. The lowest BCUT2D eigenvalue weighted by Gasteiger charge is -2.05. The molecule has 0 heterocycles. The average Bonchev–Trinajstić information content (AvgIpc) is 1.35. The minimum absolute atomic E-state index is 2.80. The van der Waals surface area contributed by atoms with Crippen molar-refractivity contribution in [1.82, 2.24) is 0 Å². The summed E-state index contributed by atoms with van der Waals surface area (Å²) in [6, 6.07) is 0. The summed E-state index contributed by atoms with van der Waals surface area (Å²) in [7, 11) is -4.41. The van der Waals surface area contributed by atoms with Gasteiger partial charge in [-0.05, 0) is 0 Å². The fourth-order valence-electron chi connectivity index (χ4n) is 0. The van der Waals surface area contributed by atoms with Gasteiger partial charge in [-0.1, -0.05) is 0 Å². The van der Waals surface area contributed by atoms with Crippen LogP contribution in [0.1, 0.15) is 0 Å². The van der Waals surface area contributed by atoms with Gasteiger partial charge in [-0.2, -0.15) is 14.0 Å². The molecule has 0 rings (SSSR count). The maximum atomic E-state index is 9.06. The zero-order chi connectivity index (χ0) is 5.21. The van der Waals surface area contributed by atoms with Crippen LogP contribution in [-0.2, 0) is 3.84 Å².